The molecular formula is C15H16FNS. The highest BCUT2D eigenvalue weighted by molar-refractivity contribution is 7.99. The third kappa shape index (κ3) is 2.92. The first-order valence-electron chi connectivity index (χ1n) is 5.89. The lowest BCUT2D eigenvalue weighted by atomic mass is 10.1. The topological polar surface area (TPSA) is 26.0 Å². The van der Waals surface area contributed by atoms with Crippen molar-refractivity contribution in [2.24, 2.45) is 5.73 Å². The molecule has 1 unspecified atom stereocenters. The van der Waals surface area contributed by atoms with E-state index in [0.29, 0.717) is 12.1 Å². The highest BCUT2D eigenvalue weighted by Crippen LogP contribution is 2.36. The molecule has 1 atom stereocenters. The quantitative estimate of drug-likeness (QED) is 0.844. The molecule has 18 heavy (non-hydrogen) atoms. The summed E-state index contributed by atoms with van der Waals surface area (Å²) in [5.74, 6) is -0.186. The molecule has 0 fully saturated rings. The SMILES string of the molecule is Cc1ccccc1SC(CN)c1ccccc1F. The van der Waals surface area contributed by atoms with Crippen molar-refractivity contribution in [1.29, 1.82) is 0 Å². The van der Waals surface area contributed by atoms with Crippen LogP contribution in [0.2, 0.25) is 0 Å². The van der Waals surface area contributed by atoms with Crippen LogP contribution in [0.3, 0.4) is 0 Å². The van der Waals surface area contributed by atoms with Crippen LogP contribution in [0.25, 0.3) is 0 Å². The molecule has 0 saturated carbocycles. The molecule has 0 bridgehead atoms. The van der Waals surface area contributed by atoms with E-state index < -0.39 is 0 Å². The molecule has 0 aromatic heterocycles. The van der Waals surface area contributed by atoms with E-state index in [0.717, 1.165) is 4.90 Å². The Balaban J connectivity index is 2.26. The van der Waals surface area contributed by atoms with E-state index in [-0.39, 0.29) is 11.1 Å². The number of aryl methyl sites for hydroxylation is 1. The first-order chi connectivity index (χ1) is 8.72. The fourth-order valence-electron chi connectivity index (χ4n) is 1.82. The van der Waals surface area contributed by atoms with E-state index in [4.69, 9.17) is 5.73 Å². The van der Waals surface area contributed by atoms with E-state index >= 15 is 0 Å². The van der Waals surface area contributed by atoms with Gasteiger partial charge in [-0.2, -0.15) is 0 Å². The van der Waals surface area contributed by atoms with E-state index in [2.05, 4.69) is 13.0 Å². The van der Waals surface area contributed by atoms with Crippen molar-refractivity contribution in [3.8, 4) is 0 Å². The molecular weight excluding hydrogens is 245 g/mol. The van der Waals surface area contributed by atoms with Crippen LogP contribution in [0.15, 0.2) is 53.4 Å². The second kappa shape index (κ2) is 6.03. The average Bonchev–Trinajstić information content (AvgIpc) is 2.39. The van der Waals surface area contributed by atoms with Crippen LogP contribution in [0.4, 0.5) is 4.39 Å². The van der Waals surface area contributed by atoms with Crippen LogP contribution < -0.4 is 5.73 Å². The summed E-state index contributed by atoms with van der Waals surface area (Å²) in [6, 6.07) is 14.9. The number of nitrogens with two attached hydrogens (primary N) is 1. The molecule has 0 aliphatic carbocycles. The number of hydrogen-bond acceptors (Lipinski definition) is 2. The van der Waals surface area contributed by atoms with Gasteiger partial charge < -0.3 is 5.73 Å². The highest BCUT2D eigenvalue weighted by atomic mass is 32.2. The van der Waals surface area contributed by atoms with Crippen LogP contribution in [-0.2, 0) is 0 Å². The van der Waals surface area contributed by atoms with Gasteiger partial charge in [0.2, 0.25) is 0 Å². The average molecular weight is 261 g/mol. The number of hydrogen-bond donors (Lipinski definition) is 1. The molecule has 1 nitrogen and oxygen atoms in total. The summed E-state index contributed by atoms with van der Waals surface area (Å²) in [7, 11) is 0. The lowest BCUT2D eigenvalue weighted by Crippen LogP contribution is -2.11. The van der Waals surface area contributed by atoms with Gasteiger partial charge in [-0.05, 0) is 24.6 Å². The third-order valence-electron chi connectivity index (χ3n) is 2.83. The predicted molar refractivity (Wildman–Crippen MR) is 75.2 cm³/mol. The van der Waals surface area contributed by atoms with Gasteiger partial charge in [0.05, 0.1) is 0 Å². The van der Waals surface area contributed by atoms with Crippen molar-refractivity contribution in [3.63, 3.8) is 0 Å². The molecule has 2 rings (SSSR count). The Kier molecular flexibility index (Phi) is 4.39. The van der Waals surface area contributed by atoms with Gasteiger partial charge in [-0.3, -0.25) is 0 Å². The van der Waals surface area contributed by atoms with Crippen LogP contribution >= 0.6 is 11.8 Å². The van der Waals surface area contributed by atoms with Gasteiger partial charge in [-0.15, -0.1) is 11.8 Å². The first kappa shape index (κ1) is 13.1. The maximum Gasteiger partial charge on any atom is 0.127 e. The van der Waals surface area contributed by atoms with Gasteiger partial charge in [0.25, 0.3) is 0 Å². The largest absolute Gasteiger partial charge is 0.329 e. The summed E-state index contributed by atoms with van der Waals surface area (Å²) in [5, 5.41) is -0.0488. The minimum atomic E-state index is -0.186. The summed E-state index contributed by atoms with van der Waals surface area (Å²) in [4.78, 5) is 1.15. The minimum Gasteiger partial charge on any atom is -0.329 e. The van der Waals surface area contributed by atoms with Gasteiger partial charge in [-0.1, -0.05) is 36.4 Å². The summed E-state index contributed by atoms with van der Waals surface area (Å²) in [6.45, 7) is 2.47. The van der Waals surface area contributed by atoms with Gasteiger partial charge in [0.1, 0.15) is 5.82 Å². The molecule has 0 heterocycles. The van der Waals surface area contributed by atoms with Gasteiger partial charge >= 0.3 is 0 Å². The number of benzene rings is 2. The monoisotopic (exact) mass is 261 g/mol. The molecule has 0 radical (unpaired) electrons. The molecule has 94 valence electrons. The van der Waals surface area contributed by atoms with Crippen molar-refractivity contribution >= 4 is 11.8 Å². The molecule has 0 aliphatic rings. The summed E-state index contributed by atoms with van der Waals surface area (Å²) in [5.41, 5.74) is 7.65. The molecule has 0 aliphatic heterocycles. The Labute approximate surface area is 111 Å². The Hall–Kier alpha value is -1.32. The van der Waals surface area contributed by atoms with E-state index in [9.17, 15) is 4.39 Å². The third-order valence-corrected chi connectivity index (χ3v) is 4.27. The predicted octanol–water partition coefficient (Wildman–Crippen LogP) is 3.93. The van der Waals surface area contributed by atoms with E-state index in [1.54, 1.807) is 23.9 Å². The smallest absolute Gasteiger partial charge is 0.127 e. The van der Waals surface area contributed by atoms with E-state index in [1.807, 2.05) is 24.3 Å². The molecule has 2 aromatic carbocycles. The van der Waals surface area contributed by atoms with Gasteiger partial charge in [-0.25, -0.2) is 4.39 Å². The van der Waals surface area contributed by atoms with Crippen LogP contribution in [-0.4, -0.2) is 6.54 Å². The van der Waals surface area contributed by atoms with Crippen LogP contribution in [0.1, 0.15) is 16.4 Å². The first-order valence-corrected chi connectivity index (χ1v) is 6.77. The van der Waals surface area contributed by atoms with Crippen molar-refractivity contribution < 1.29 is 4.39 Å². The lowest BCUT2D eigenvalue weighted by Gasteiger charge is -2.16. The van der Waals surface area contributed by atoms with Crippen LogP contribution in [0, 0.1) is 12.7 Å². The number of halogens is 1. The van der Waals surface area contributed by atoms with Crippen molar-refractivity contribution in [2.75, 3.05) is 6.54 Å². The Bertz CT molecular complexity index is 527. The zero-order valence-corrected chi connectivity index (χ0v) is 11.1. The summed E-state index contributed by atoms with van der Waals surface area (Å²) >= 11 is 1.62. The maximum atomic E-state index is 13.8. The maximum absolute atomic E-state index is 13.8. The second-order valence-electron chi connectivity index (χ2n) is 4.13. The molecule has 0 amide bonds. The van der Waals surface area contributed by atoms with E-state index in [1.165, 1.54) is 11.6 Å². The van der Waals surface area contributed by atoms with Gasteiger partial charge in [0.15, 0.2) is 0 Å². The summed E-state index contributed by atoms with van der Waals surface area (Å²) < 4.78 is 13.8. The fourth-order valence-corrected chi connectivity index (χ4v) is 2.95. The Morgan fingerprint density at radius 2 is 1.78 bits per heavy atom. The summed E-state index contributed by atoms with van der Waals surface area (Å²) in [6.07, 6.45) is 0. The zero-order chi connectivity index (χ0) is 13.0. The molecule has 3 heteroatoms. The lowest BCUT2D eigenvalue weighted by molar-refractivity contribution is 0.608. The molecule has 0 saturated heterocycles. The fraction of sp³-hybridized carbons (Fsp3) is 0.200. The van der Waals surface area contributed by atoms with Crippen molar-refractivity contribution in [1.82, 2.24) is 0 Å². The minimum absolute atomic E-state index is 0.0488. The molecule has 2 N–H and O–H groups in total. The Morgan fingerprint density at radius 1 is 1.11 bits per heavy atom. The standard InChI is InChI=1S/C15H16FNS/c1-11-6-2-5-9-14(11)18-15(10-17)12-7-3-4-8-13(12)16/h2-9,15H,10,17H2,1H3. The number of rotatable bonds is 4. The van der Waals surface area contributed by atoms with Gasteiger partial charge in [0, 0.05) is 22.3 Å². The van der Waals surface area contributed by atoms with Crippen molar-refractivity contribution in [3.05, 3.63) is 65.5 Å². The normalized spacial score (nSPS) is 12.4. The highest BCUT2D eigenvalue weighted by Gasteiger charge is 2.15. The second-order valence-corrected chi connectivity index (χ2v) is 5.37. The van der Waals surface area contributed by atoms with Crippen molar-refractivity contribution in [2.45, 2.75) is 17.1 Å². The number of thioether (sulfide) groups is 1. The molecule has 0 spiro atoms. The Morgan fingerprint density at radius 3 is 2.44 bits per heavy atom. The van der Waals surface area contributed by atoms with Crippen LogP contribution in [0.5, 0.6) is 0 Å². The zero-order valence-electron chi connectivity index (χ0n) is 10.3. The molecule has 2 aromatic rings.